The molecular formula is C12H10Br2ClNS. The summed E-state index contributed by atoms with van der Waals surface area (Å²) in [5, 5.41) is 4.16. The summed E-state index contributed by atoms with van der Waals surface area (Å²) in [6.07, 6.45) is 0. The van der Waals surface area contributed by atoms with Crippen LogP contribution in [0.4, 0.5) is 5.69 Å². The monoisotopic (exact) mass is 393 g/mol. The van der Waals surface area contributed by atoms with Crippen molar-refractivity contribution in [2.24, 2.45) is 0 Å². The Balaban J connectivity index is 2.12. The maximum Gasteiger partial charge on any atom is 0.0702 e. The van der Waals surface area contributed by atoms with Gasteiger partial charge in [0.2, 0.25) is 0 Å². The maximum atomic E-state index is 5.96. The highest BCUT2D eigenvalue weighted by molar-refractivity contribution is 9.11. The summed E-state index contributed by atoms with van der Waals surface area (Å²) >= 11 is 14.6. The van der Waals surface area contributed by atoms with Gasteiger partial charge in [0.25, 0.3) is 0 Å². The van der Waals surface area contributed by atoms with E-state index in [1.807, 2.05) is 18.2 Å². The van der Waals surface area contributed by atoms with Gasteiger partial charge in [-0.25, -0.2) is 0 Å². The molecule has 0 spiro atoms. The Kier molecular flexibility index (Phi) is 4.53. The van der Waals surface area contributed by atoms with Crippen LogP contribution in [0.15, 0.2) is 38.6 Å². The van der Waals surface area contributed by atoms with Gasteiger partial charge in [0.1, 0.15) is 0 Å². The molecule has 1 aromatic heterocycles. The van der Waals surface area contributed by atoms with Crippen molar-refractivity contribution in [1.29, 1.82) is 0 Å². The normalized spacial score (nSPS) is 12.5. The summed E-state index contributed by atoms with van der Waals surface area (Å²) in [4.78, 5) is 1.29. The molecule has 1 atom stereocenters. The van der Waals surface area contributed by atoms with Crippen molar-refractivity contribution in [3.05, 3.63) is 48.5 Å². The molecule has 2 rings (SSSR count). The van der Waals surface area contributed by atoms with Gasteiger partial charge in [0.15, 0.2) is 0 Å². The Bertz CT molecular complexity index is 527. The van der Waals surface area contributed by atoms with Crippen molar-refractivity contribution < 1.29 is 0 Å². The van der Waals surface area contributed by atoms with Crippen LogP contribution in [0.3, 0.4) is 0 Å². The number of rotatable bonds is 3. The predicted octanol–water partition coefficient (Wildman–Crippen LogP) is 6.10. The van der Waals surface area contributed by atoms with Crippen LogP contribution in [0.5, 0.6) is 0 Å². The highest BCUT2D eigenvalue weighted by Gasteiger charge is 2.08. The fraction of sp³-hybridized carbons (Fsp3) is 0.167. The average Bonchev–Trinajstić information content (AvgIpc) is 2.70. The molecule has 0 radical (unpaired) electrons. The SMILES string of the molecule is CC(Nc1ccc(Cl)c(Br)c1)c1ccc(Br)s1. The molecule has 0 aliphatic rings. The zero-order valence-corrected chi connectivity index (χ0v) is 13.8. The van der Waals surface area contributed by atoms with E-state index in [4.69, 9.17) is 11.6 Å². The summed E-state index contributed by atoms with van der Waals surface area (Å²) in [5.74, 6) is 0. The Morgan fingerprint density at radius 3 is 2.59 bits per heavy atom. The van der Waals surface area contributed by atoms with Crippen LogP contribution in [0.2, 0.25) is 5.02 Å². The lowest BCUT2D eigenvalue weighted by Gasteiger charge is -2.14. The lowest BCUT2D eigenvalue weighted by molar-refractivity contribution is 0.908. The number of hydrogen-bond acceptors (Lipinski definition) is 2. The number of thiophene rings is 1. The van der Waals surface area contributed by atoms with Gasteiger partial charge in [-0.05, 0) is 69.1 Å². The first-order valence-electron chi connectivity index (χ1n) is 5.03. The molecule has 0 bridgehead atoms. The van der Waals surface area contributed by atoms with Crippen molar-refractivity contribution in [3.8, 4) is 0 Å². The average molecular weight is 396 g/mol. The molecule has 2 aromatic rings. The van der Waals surface area contributed by atoms with E-state index in [-0.39, 0.29) is 6.04 Å². The molecule has 1 nitrogen and oxygen atoms in total. The molecule has 1 unspecified atom stereocenters. The van der Waals surface area contributed by atoms with Crippen LogP contribution >= 0.6 is 54.8 Å². The fourth-order valence-corrected chi connectivity index (χ4v) is 3.39. The van der Waals surface area contributed by atoms with E-state index in [0.29, 0.717) is 0 Å². The first-order chi connectivity index (χ1) is 8.06. The van der Waals surface area contributed by atoms with E-state index in [1.165, 1.54) is 4.88 Å². The topological polar surface area (TPSA) is 12.0 Å². The van der Waals surface area contributed by atoms with Crippen LogP contribution in [0, 0.1) is 0 Å². The molecule has 90 valence electrons. The van der Waals surface area contributed by atoms with Crippen molar-refractivity contribution in [3.63, 3.8) is 0 Å². The minimum absolute atomic E-state index is 0.277. The zero-order chi connectivity index (χ0) is 12.4. The van der Waals surface area contributed by atoms with Gasteiger partial charge < -0.3 is 5.32 Å². The lowest BCUT2D eigenvalue weighted by atomic mass is 10.2. The van der Waals surface area contributed by atoms with Crippen LogP contribution < -0.4 is 5.32 Å². The second-order valence-corrected chi connectivity index (χ2v) is 7.39. The van der Waals surface area contributed by atoms with Gasteiger partial charge in [-0.3, -0.25) is 0 Å². The highest BCUT2D eigenvalue weighted by atomic mass is 79.9. The fourth-order valence-electron chi connectivity index (χ4n) is 1.47. The predicted molar refractivity (Wildman–Crippen MR) is 83.2 cm³/mol. The van der Waals surface area contributed by atoms with Crippen molar-refractivity contribution in [2.45, 2.75) is 13.0 Å². The first kappa shape index (κ1) is 13.4. The van der Waals surface area contributed by atoms with Gasteiger partial charge in [-0.15, -0.1) is 11.3 Å². The molecule has 0 fully saturated rings. The van der Waals surface area contributed by atoms with E-state index in [1.54, 1.807) is 11.3 Å². The minimum atomic E-state index is 0.277. The summed E-state index contributed by atoms with van der Waals surface area (Å²) in [7, 11) is 0. The molecule has 1 heterocycles. The molecular weight excluding hydrogens is 385 g/mol. The zero-order valence-electron chi connectivity index (χ0n) is 9.01. The molecule has 0 saturated heterocycles. The van der Waals surface area contributed by atoms with Crippen molar-refractivity contribution in [1.82, 2.24) is 0 Å². The molecule has 17 heavy (non-hydrogen) atoms. The minimum Gasteiger partial charge on any atom is -0.378 e. The third-order valence-electron chi connectivity index (χ3n) is 2.32. The van der Waals surface area contributed by atoms with E-state index in [9.17, 15) is 0 Å². The second kappa shape index (κ2) is 5.74. The van der Waals surface area contributed by atoms with E-state index < -0.39 is 0 Å². The molecule has 0 saturated carbocycles. The summed E-state index contributed by atoms with van der Waals surface area (Å²) in [6.45, 7) is 2.14. The summed E-state index contributed by atoms with van der Waals surface area (Å²) < 4.78 is 2.06. The Labute approximate surface area is 126 Å². The standard InChI is InChI=1S/C12H10Br2ClNS/c1-7(11-4-5-12(14)17-11)16-8-2-3-10(15)9(13)6-8/h2-7,16H,1H3. The second-order valence-electron chi connectivity index (χ2n) is 3.64. The third-order valence-corrected chi connectivity index (χ3v) is 5.34. The van der Waals surface area contributed by atoms with Crippen LogP contribution in [-0.2, 0) is 0 Å². The van der Waals surface area contributed by atoms with Gasteiger partial charge in [0.05, 0.1) is 14.9 Å². The van der Waals surface area contributed by atoms with Crippen LogP contribution in [0.25, 0.3) is 0 Å². The van der Waals surface area contributed by atoms with Crippen LogP contribution in [-0.4, -0.2) is 0 Å². The van der Waals surface area contributed by atoms with Crippen molar-refractivity contribution >= 4 is 60.5 Å². The quantitative estimate of drug-likeness (QED) is 0.662. The van der Waals surface area contributed by atoms with E-state index in [2.05, 4.69) is 56.2 Å². The smallest absolute Gasteiger partial charge is 0.0702 e. The third kappa shape index (κ3) is 3.47. The van der Waals surface area contributed by atoms with E-state index >= 15 is 0 Å². The van der Waals surface area contributed by atoms with Crippen LogP contribution in [0.1, 0.15) is 17.8 Å². The Hall–Kier alpha value is -0.0300. The Morgan fingerprint density at radius 2 is 2.00 bits per heavy atom. The van der Waals surface area contributed by atoms with Gasteiger partial charge in [-0.2, -0.15) is 0 Å². The van der Waals surface area contributed by atoms with E-state index in [0.717, 1.165) is 19.0 Å². The Morgan fingerprint density at radius 1 is 1.24 bits per heavy atom. The first-order valence-corrected chi connectivity index (χ1v) is 7.81. The summed E-state index contributed by atoms with van der Waals surface area (Å²) in [6, 6.07) is 10.3. The molecule has 1 N–H and O–H groups in total. The lowest BCUT2D eigenvalue weighted by Crippen LogP contribution is -2.04. The molecule has 5 heteroatoms. The number of benzene rings is 1. The number of hydrogen-bond donors (Lipinski definition) is 1. The molecule has 0 aliphatic carbocycles. The number of anilines is 1. The van der Waals surface area contributed by atoms with Crippen molar-refractivity contribution in [2.75, 3.05) is 5.32 Å². The number of halogens is 3. The van der Waals surface area contributed by atoms with Gasteiger partial charge in [0, 0.05) is 15.0 Å². The number of nitrogens with one attached hydrogen (secondary N) is 1. The molecule has 0 aliphatic heterocycles. The molecule has 1 aromatic carbocycles. The highest BCUT2D eigenvalue weighted by Crippen LogP contribution is 2.31. The maximum absolute atomic E-state index is 5.96. The van der Waals surface area contributed by atoms with Gasteiger partial charge in [-0.1, -0.05) is 11.6 Å². The summed E-state index contributed by atoms with van der Waals surface area (Å²) in [5.41, 5.74) is 1.05. The largest absolute Gasteiger partial charge is 0.378 e. The van der Waals surface area contributed by atoms with Gasteiger partial charge >= 0.3 is 0 Å². The molecule has 0 amide bonds.